The molecule has 1 aromatic carbocycles. The van der Waals surface area contributed by atoms with Crippen LogP contribution in [0.3, 0.4) is 0 Å². The Hall–Kier alpha value is -3.43. The molecule has 0 radical (unpaired) electrons. The van der Waals surface area contributed by atoms with Gasteiger partial charge in [0.2, 0.25) is 5.43 Å². The van der Waals surface area contributed by atoms with Crippen LogP contribution in [-0.2, 0) is 12.7 Å². The quantitative estimate of drug-likeness (QED) is 0.738. The molecule has 28 heavy (non-hydrogen) atoms. The molecule has 0 aliphatic heterocycles. The average Bonchev–Trinajstić information content (AvgIpc) is 3.04. The van der Waals surface area contributed by atoms with E-state index in [9.17, 15) is 22.8 Å². The van der Waals surface area contributed by atoms with Crippen molar-refractivity contribution in [2.75, 3.05) is 0 Å². The van der Waals surface area contributed by atoms with E-state index in [2.05, 4.69) is 15.6 Å². The van der Waals surface area contributed by atoms with Crippen molar-refractivity contribution in [3.63, 3.8) is 0 Å². The summed E-state index contributed by atoms with van der Waals surface area (Å²) in [4.78, 5) is 24.5. The maximum absolute atomic E-state index is 13.3. The van der Waals surface area contributed by atoms with Gasteiger partial charge in [-0.25, -0.2) is 4.68 Å². The molecule has 0 aliphatic rings. The van der Waals surface area contributed by atoms with Crippen LogP contribution >= 0.6 is 0 Å². The monoisotopic (exact) mass is 392 g/mol. The van der Waals surface area contributed by atoms with Crippen molar-refractivity contribution in [1.82, 2.24) is 20.3 Å². The second-order valence-corrected chi connectivity index (χ2v) is 6.04. The first-order valence-corrected chi connectivity index (χ1v) is 8.15. The Labute approximate surface area is 156 Å². The number of hydrogen-bond donors (Lipinski definition) is 1. The van der Waals surface area contributed by atoms with Gasteiger partial charge in [-0.3, -0.25) is 9.59 Å². The maximum atomic E-state index is 13.3. The fourth-order valence-electron chi connectivity index (χ4n) is 2.60. The molecule has 1 N–H and O–H groups in total. The zero-order chi connectivity index (χ0) is 20.5. The van der Waals surface area contributed by atoms with Crippen molar-refractivity contribution in [3.05, 3.63) is 75.0 Å². The standard InChI is InChI=1S/C18H15F3N4O3/c1-10-7-12(28-24-10)9-22-17(27)16-15(26)8-11(2)25(23-16)14-6-4-3-5-13(14)18(19,20)21/h3-8H,9H2,1-2H3,(H,22,27). The number of para-hydroxylation sites is 1. The second kappa shape index (κ2) is 7.29. The van der Waals surface area contributed by atoms with E-state index in [-0.39, 0.29) is 17.9 Å². The molecule has 1 amide bonds. The summed E-state index contributed by atoms with van der Waals surface area (Å²) in [6.07, 6.45) is -4.62. The lowest BCUT2D eigenvalue weighted by Crippen LogP contribution is -2.32. The van der Waals surface area contributed by atoms with Gasteiger partial charge in [0.15, 0.2) is 11.5 Å². The molecule has 146 valence electrons. The van der Waals surface area contributed by atoms with Crippen molar-refractivity contribution >= 4 is 5.91 Å². The van der Waals surface area contributed by atoms with E-state index in [1.165, 1.54) is 25.1 Å². The Morgan fingerprint density at radius 1 is 1.21 bits per heavy atom. The predicted molar refractivity (Wildman–Crippen MR) is 92.0 cm³/mol. The van der Waals surface area contributed by atoms with Crippen LogP contribution in [0.2, 0.25) is 0 Å². The van der Waals surface area contributed by atoms with Gasteiger partial charge in [0.05, 0.1) is 23.5 Å². The normalized spacial score (nSPS) is 11.5. The van der Waals surface area contributed by atoms with E-state index in [0.29, 0.717) is 11.5 Å². The third-order valence-electron chi connectivity index (χ3n) is 3.86. The topological polar surface area (TPSA) is 90.0 Å². The summed E-state index contributed by atoms with van der Waals surface area (Å²) in [6, 6.07) is 7.44. The molecule has 10 heteroatoms. The molecule has 2 aromatic heterocycles. The number of nitrogens with zero attached hydrogens (tertiary/aromatic N) is 3. The lowest BCUT2D eigenvalue weighted by Gasteiger charge is -2.16. The molecule has 0 atom stereocenters. The van der Waals surface area contributed by atoms with Crippen LogP contribution in [0.1, 0.15) is 33.2 Å². The van der Waals surface area contributed by atoms with Gasteiger partial charge >= 0.3 is 6.18 Å². The Kier molecular flexibility index (Phi) is 5.04. The van der Waals surface area contributed by atoms with E-state index >= 15 is 0 Å². The van der Waals surface area contributed by atoms with Gasteiger partial charge < -0.3 is 9.84 Å². The zero-order valence-electron chi connectivity index (χ0n) is 14.9. The number of halogens is 3. The van der Waals surface area contributed by atoms with E-state index < -0.39 is 28.8 Å². The van der Waals surface area contributed by atoms with Crippen LogP contribution in [0.5, 0.6) is 0 Å². The maximum Gasteiger partial charge on any atom is 0.418 e. The molecular weight excluding hydrogens is 377 g/mol. The number of alkyl halides is 3. The number of aromatic nitrogens is 3. The third kappa shape index (κ3) is 3.95. The lowest BCUT2D eigenvalue weighted by atomic mass is 10.1. The highest BCUT2D eigenvalue weighted by molar-refractivity contribution is 5.91. The first kappa shape index (κ1) is 19.3. The van der Waals surface area contributed by atoms with Gasteiger partial charge in [0.25, 0.3) is 5.91 Å². The fourth-order valence-corrected chi connectivity index (χ4v) is 2.60. The summed E-state index contributed by atoms with van der Waals surface area (Å²) in [5.41, 5.74) is -1.68. The van der Waals surface area contributed by atoms with E-state index in [0.717, 1.165) is 16.8 Å². The summed E-state index contributed by atoms with van der Waals surface area (Å²) in [6.45, 7) is 3.08. The number of benzene rings is 1. The Morgan fingerprint density at radius 3 is 2.57 bits per heavy atom. The minimum atomic E-state index is -4.62. The SMILES string of the molecule is Cc1cc(CNC(=O)c2nn(-c3ccccc3C(F)(F)F)c(C)cc2=O)on1. The average molecular weight is 392 g/mol. The fraction of sp³-hybridized carbons (Fsp3) is 0.222. The summed E-state index contributed by atoms with van der Waals surface area (Å²) >= 11 is 0. The number of rotatable bonds is 4. The molecule has 0 unspecified atom stereocenters. The smallest absolute Gasteiger partial charge is 0.359 e. The van der Waals surface area contributed by atoms with Crippen molar-refractivity contribution in [1.29, 1.82) is 0 Å². The van der Waals surface area contributed by atoms with Crippen molar-refractivity contribution in [2.45, 2.75) is 26.6 Å². The first-order valence-electron chi connectivity index (χ1n) is 8.15. The van der Waals surface area contributed by atoms with Gasteiger partial charge in [-0.15, -0.1) is 0 Å². The lowest BCUT2D eigenvalue weighted by molar-refractivity contribution is -0.137. The van der Waals surface area contributed by atoms with Gasteiger partial charge in [0.1, 0.15) is 0 Å². The molecule has 0 spiro atoms. The number of carbonyl (C=O) groups excluding carboxylic acids is 1. The van der Waals surface area contributed by atoms with E-state index in [1.54, 1.807) is 13.0 Å². The Morgan fingerprint density at radius 2 is 1.93 bits per heavy atom. The van der Waals surface area contributed by atoms with Gasteiger partial charge in [-0.2, -0.15) is 18.3 Å². The molecule has 2 heterocycles. The molecule has 0 saturated heterocycles. The molecule has 7 nitrogen and oxygen atoms in total. The highest BCUT2D eigenvalue weighted by Gasteiger charge is 2.34. The van der Waals surface area contributed by atoms with Gasteiger partial charge in [-0.1, -0.05) is 17.3 Å². The minimum absolute atomic E-state index is 0.0478. The number of amides is 1. The number of hydrogen-bond acceptors (Lipinski definition) is 5. The van der Waals surface area contributed by atoms with Gasteiger partial charge in [-0.05, 0) is 26.0 Å². The summed E-state index contributed by atoms with van der Waals surface area (Å²) in [5.74, 6) is -0.474. The largest absolute Gasteiger partial charge is 0.418 e. The van der Waals surface area contributed by atoms with Crippen molar-refractivity contribution in [3.8, 4) is 5.69 Å². The molecule has 0 bridgehead atoms. The summed E-state index contributed by atoms with van der Waals surface area (Å²) in [5, 5.41) is 9.99. The minimum Gasteiger partial charge on any atom is -0.359 e. The molecule has 3 rings (SSSR count). The van der Waals surface area contributed by atoms with Crippen molar-refractivity contribution < 1.29 is 22.5 Å². The Balaban J connectivity index is 1.98. The van der Waals surface area contributed by atoms with Crippen LogP contribution in [0.15, 0.2) is 45.7 Å². The molecule has 0 fully saturated rings. The number of carbonyl (C=O) groups is 1. The van der Waals surface area contributed by atoms with Crippen LogP contribution in [-0.4, -0.2) is 20.8 Å². The number of nitrogens with one attached hydrogen (secondary N) is 1. The molecule has 0 aliphatic carbocycles. The molecule has 0 saturated carbocycles. The zero-order valence-corrected chi connectivity index (χ0v) is 14.9. The van der Waals surface area contributed by atoms with Gasteiger partial charge in [0, 0.05) is 17.8 Å². The molecule has 3 aromatic rings. The summed E-state index contributed by atoms with van der Waals surface area (Å²) in [7, 11) is 0. The van der Waals surface area contributed by atoms with E-state index in [4.69, 9.17) is 4.52 Å². The van der Waals surface area contributed by atoms with Crippen LogP contribution < -0.4 is 10.7 Å². The highest BCUT2D eigenvalue weighted by atomic mass is 19.4. The summed E-state index contributed by atoms with van der Waals surface area (Å²) < 4.78 is 45.8. The number of aryl methyl sites for hydroxylation is 2. The van der Waals surface area contributed by atoms with Crippen LogP contribution in [0, 0.1) is 13.8 Å². The first-order chi connectivity index (χ1) is 13.2. The van der Waals surface area contributed by atoms with Crippen LogP contribution in [0.25, 0.3) is 5.69 Å². The predicted octanol–water partition coefficient (Wildman–Crippen LogP) is 2.79. The highest BCUT2D eigenvalue weighted by Crippen LogP contribution is 2.33. The van der Waals surface area contributed by atoms with Crippen molar-refractivity contribution in [2.24, 2.45) is 0 Å². The second-order valence-electron chi connectivity index (χ2n) is 6.04. The third-order valence-corrected chi connectivity index (χ3v) is 3.86. The van der Waals surface area contributed by atoms with E-state index in [1.807, 2.05) is 0 Å². The van der Waals surface area contributed by atoms with Crippen LogP contribution in [0.4, 0.5) is 13.2 Å². The Bertz CT molecular complexity index is 1090. The molecular formula is C18H15F3N4O3.